The van der Waals surface area contributed by atoms with Crippen LogP contribution in [0.1, 0.15) is 17.5 Å². The van der Waals surface area contributed by atoms with Crippen LogP contribution in [0, 0.1) is 25.2 Å². The van der Waals surface area contributed by atoms with E-state index >= 15 is 0 Å². The normalized spacial score (nSPS) is 9.92. The second-order valence-corrected chi connectivity index (χ2v) is 6.01. The summed E-state index contributed by atoms with van der Waals surface area (Å²) in [5, 5.41) is 14.5. The lowest BCUT2D eigenvalue weighted by atomic mass is 10.1. The average molecular weight is 372 g/mol. The molecule has 0 aliphatic carbocycles. The van der Waals surface area contributed by atoms with Crippen LogP contribution in [0.25, 0.3) is 0 Å². The largest absolute Gasteiger partial charge is 0.484 e. The molecule has 26 heavy (non-hydrogen) atoms. The van der Waals surface area contributed by atoms with Gasteiger partial charge in [0, 0.05) is 5.02 Å². The molecule has 2 rings (SSSR count). The number of nitriles is 1. The van der Waals surface area contributed by atoms with Gasteiger partial charge in [-0.3, -0.25) is 9.59 Å². The van der Waals surface area contributed by atoms with Crippen molar-refractivity contribution in [2.75, 3.05) is 17.2 Å². The van der Waals surface area contributed by atoms with Crippen LogP contribution in [0.4, 0.5) is 11.4 Å². The van der Waals surface area contributed by atoms with Gasteiger partial charge in [-0.1, -0.05) is 23.7 Å². The Morgan fingerprint density at radius 3 is 2.15 bits per heavy atom. The van der Waals surface area contributed by atoms with Crippen LogP contribution in [0.2, 0.25) is 5.02 Å². The van der Waals surface area contributed by atoms with E-state index in [4.69, 9.17) is 21.6 Å². The Morgan fingerprint density at radius 2 is 1.62 bits per heavy atom. The molecule has 7 heteroatoms. The third-order valence-electron chi connectivity index (χ3n) is 3.49. The molecule has 0 unspecified atom stereocenters. The fourth-order valence-electron chi connectivity index (χ4n) is 2.29. The number of para-hydroxylation sites is 2. The summed E-state index contributed by atoms with van der Waals surface area (Å²) in [6.07, 6.45) is -0.263. The topological polar surface area (TPSA) is 91.2 Å². The van der Waals surface area contributed by atoms with E-state index in [2.05, 4.69) is 10.6 Å². The number of nitrogens with one attached hydrogen (secondary N) is 2. The molecular weight excluding hydrogens is 354 g/mol. The summed E-state index contributed by atoms with van der Waals surface area (Å²) < 4.78 is 5.52. The molecule has 0 aliphatic heterocycles. The molecule has 0 saturated carbocycles. The zero-order chi connectivity index (χ0) is 19.1. The number of anilines is 2. The Morgan fingerprint density at radius 1 is 1.08 bits per heavy atom. The molecule has 0 fully saturated rings. The molecule has 0 radical (unpaired) electrons. The molecule has 0 aromatic heterocycles. The maximum Gasteiger partial charge on any atom is 0.262 e. The molecule has 0 atom stereocenters. The molecule has 2 aromatic carbocycles. The summed E-state index contributed by atoms with van der Waals surface area (Å²) in [4.78, 5) is 23.7. The van der Waals surface area contributed by atoms with Crippen molar-refractivity contribution >= 4 is 34.8 Å². The highest BCUT2D eigenvalue weighted by molar-refractivity contribution is 6.32. The van der Waals surface area contributed by atoms with Gasteiger partial charge in [0.2, 0.25) is 5.91 Å². The monoisotopic (exact) mass is 371 g/mol. The van der Waals surface area contributed by atoms with Gasteiger partial charge in [0.05, 0.1) is 17.4 Å². The summed E-state index contributed by atoms with van der Waals surface area (Å²) in [5.74, 6) is -0.273. The van der Waals surface area contributed by atoms with Crippen LogP contribution < -0.4 is 15.4 Å². The summed E-state index contributed by atoms with van der Waals surface area (Å²) in [7, 11) is 0. The number of ether oxygens (including phenoxy) is 1. The zero-order valence-corrected chi connectivity index (χ0v) is 15.2. The Hall–Kier alpha value is -3.04. The smallest absolute Gasteiger partial charge is 0.262 e. The van der Waals surface area contributed by atoms with E-state index in [0.717, 1.165) is 11.1 Å². The number of nitrogens with zero attached hydrogens (tertiary/aromatic N) is 1. The fourth-order valence-corrected chi connectivity index (χ4v) is 2.40. The number of amides is 2. The van der Waals surface area contributed by atoms with E-state index in [1.54, 1.807) is 42.5 Å². The first-order chi connectivity index (χ1) is 12.4. The second kappa shape index (κ2) is 8.88. The zero-order valence-electron chi connectivity index (χ0n) is 14.4. The fraction of sp³-hybridized carbons (Fsp3) is 0.211. The summed E-state index contributed by atoms with van der Waals surface area (Å²) in [5.41, 5.74) is 2.58. The van der Waals surface area contributed by atoms with Crippen molar-refractivity contribution in [1.82, 2.24) is 0 Å². The van der Waals surface area contributed by atoms with Crippen LogP contribution in [0.15, 0.2) is 36.4 Å². The molecule has 2 amide bonds. The first-order valence-corrected chi connectivity index (χ1v) is 8.23. The number of carbonyl (C=O) groups excluding carboxylic acids is 2. The van der Waals surface area contributed by atoms with Crippen molar-refractivity contribution in [1.29, 1.82) is 5.26 Å². The number of carbonyl (C=O) groups is 2. The Kier molecular flexibility index (Phi) is 6.59. The van der Waals surface area contributed by atoms with Crippen LogP contribution in [0.3, 0.4) is 0 Å². The molecule has 0 aliphatic rings. The molecular formula is C19H18ClN3O3. The van der Waals surface area contributed by atoms with Crippen LogP contribution >= 0.6 is 11.6 Å². The molecule has 2 N–H and O–H groups in total. The van der Waals surface area contributed by atoms with E-state index < -0.39 is 5.91 Å². The lowest BCUT2D eigenvalue weighted by Crippen LogP contribution is -2.21. The Bertz CT molecular complexity index is 852. The van der Waals surface area contributed by atoms with Crippen molar-refractivity contribution in [3.05, 3.63) is 52.5 Å². The first-order valence-electron chi connectivity index (χ1n) is 7.86. The Labute approximate surface area is 156 Å². The predicted octanol–water partition coefficient (Wildman–Crippen LogP) is 3.83. The summed E-state index contributed by atoms with van der Waals surface area (Å²) in [6.45, 7) is 3.53. The number of benzene rings is 2. The van der Waals surface area contributed by atoms with Gasteiger partial charge < -0.3 is 15.4 Å². The molecule has 2 aromatic rings. The van der Waals surface area contributed by atoms with Gasteiger partial charge in [-0.25, -0.2) is 0 Å². The number of halogens is 1. The van der Waals surface area contributed by atoms with E-state index in [0.29, 0.717) is 22.1 Å². The number of aryl methyl sites for hydroxylation is 2. The minimum atomic E-state index is -0.447. The van der Waals surface area contributed by atoms with Crippen LogP contribution in [0.5, 0.6) is 5.75 Å². The highest BCUT2D eigenvalue weighted by Crippen LogP contribution is 2.26. The summed E-state index contributed by atoms with van der Waals surface area (Å²) >= 11 is 6.11. The lowest BCUT2D eigenvalue weighted by molar-refractivity contribution is -0.118. The van der Waals surface area contributed by atoms with Crippen molar-refractivity contribution in [3.63, 3.8) is 0 Å². The van der Waals surface area contributed by atoms with Crippen LogP contribution in [-0.2, 0) is 9.59 Å². The highest BCUT2D eigenvalue weighted by Gasteiger charge is 2.11. The van der Waals surface area contributed by atoms with Crippen molar-refractivity contribution in [2.45, 2.75) is 20.3 Å². The molecule has 6 nitrogen and oxygen atoms in total. The summed E-state index contributed by atoms with van der Waals surface area (Å²) in [6, 6.07) is 12.0. The van der Waals surface area contributed by atoms with E-state index in [1.807, 2.05) is 13.8 Å². The van der Waals surface area contributed by atoms with Gasteiger partial charge >= 0.3 is 0 Å². The van der Waals surface area contributed by atoms with Gasteiger partial charge in [0.1, 0.15) is 12.2 Å². The van der Waals surface area contributed by atoms with Crippen molar-refractivity contribution < 1.29 is 14.3 Å². The quantitative estimate of drug-likeness (QED) is 0.807. The number of rotatable bonds is 6. The van der Waals surface area contributed by atoms with Gasteiger partial charge in [-0.2, -0.15) is 5.26 Å². The minimum absolute atomic E-state index is 0.193. The minimum Gasteiger partial charge on any atom is -0.484 e. The van der Waals surface area contributed by atoms with Crippen molar-refractivity contribution in [3.8, 4) is 11.8 Å². The van der Waals surface area contributed by atoms with Gasteiger partial charge in [-0.15, -0.1) is 0 Å². The molecule has 0 bridgehead atoms. The maximum absolute atomic E-state index is 12.2. The molecule has 0 heterocycles. The van der Waals surface area contributed by atoms with Gasteiger partial charge in [-0.05, 0) is 49.2 Å². The number of hydrogen-bond donors (Lipinski definition) is 2. The standard InChI is InChI=1S/C19H18ClN3O3/c1-12-9-14(10-13(2)19(12)20)26-11-18(25)23-16-6-4-3-5-15(16)22-17(24)7-8-21/h3-6,9-10H,7,11H2,1-2H3,(H,22,24)(H,23,25). The highest BCUT2D eigenvalue weighted by atomic mass is 35.5. The van der Waals surface area contributed by atoms with E-state index in [9.17, 15) is 9.59 Å². The third kappa shape index (κ3) is 5.23. The SMILES string of the molecule is Cc1cc(OCC(=O)Nc2ccccc2NC(=O)CC#N)cc(C)c1Cl. The number of hydrogen-bond acceptors (Lipinski definition) is 4. The molecule has 0 spiro atoms. The van der Waals surface area contributed by atoms with Gasteiger partial charge in [0.15, 0.2) is 6.61 Å². The first kappa shape index (κ1) is 19.3. The third-order valence-corrected chi connectivity index (χ3v) is 4.09. The Balaban J connectivity index is 2.00. The molecule has 0 saturated heterocycles. The van der Waals surface area contributed by atoms with E-state index in [1.165, 1.54) is 0 Å². The molecule has 134 valence electrons. The van der Waals surface area contributed by atoms with Crippen LogP contribution in [-0.4, -0.2) is 18.4 Å². The lowest BCUT2D eigenvalue weighted by Gasteiger charge is -2.13. The van der Waals surface area contributed by atoms with E-state index in [-0.39, 0.29) is 18.9 Å². The maximum atomic E-state index is 12.2. The second-order valence-electron chi connectivity index (χ2n) is 5.64. The average Bonchev–Trinajstić information content (AvgIpc) is 2.59. The van der Waals surface area contributed by atoms with Gasteiger partial charge in [0.25, 0.3) is 5.91 Å². The van der Waals surface area contributed by atoms with Crippen molar-refractivity contribution in [2.24, 2.45) is 0 Å². The predicted molar refractivity (Wildman–Crippen MR) is 100 cm³/mol.